The van der Waals surface area contributed by atoms with E-state index in [0.29, 0.717) is 12.2 Å². The second-order valence-electron chi connectivity index (χ2n) is 8.13. The zero-order valence-electron chi connectivity index (χ0n) is 13.5. The van der Waals surface area contributed by atoms with Crippen molar-refractivity contribution >= 4 is 0 Å². The van der Waals surface area contributed by atoms with E-state index in [1.54, 1.807) is 0 Å². The van der Waals surface area contributed by atoms with Crippen molar-refractivity contribution in [1.82, 2.24) is 0 Å². The second-order valence-corrected chi connectivity index (χ2v) is 8.13. The first kappa shape index (κ1) is 14.5. The Balaban J connectivity index is 1.35. The summed E-state index contributed by atoms with van der Waals surface area (Å²) in [6, 6.07) is 0. The van der Waals surface area contributed by atoms with Crippen molar-refractivity contribution in [1.29, 1.82) is 0 Å². The third-order valence-electron chi connectivity index (χ3n) is 6.98. The zero-order valence-corrected chi connectivity index (χ0v) is 13.5. The van der Waals surface area contributed by atoms with Gasteiger partial charge in [0.05, 0.1) is 12.2 Å². The van der Waals surface area contributed by atoms with Gasteiger partial charge in [0.25, 0.3) is 0 Å². The van der Waals surface area contributed by atoms with Crippen LogP contribution in [0.5, 0.6) is 0 Å². The van der Waals surface area contributed by atoms with Crippen LogP contribution in [0.3, 0.4) is 0 Å². The molecular weight excluding hydrogens is 260 g/mol. The Bertz CT molecular complexity index is 326. The first-order valence-electron chi connectivity index (χ1n) is 9.63. The van der Waals surface area contributed by atoms with Gasteiger partial charge in [0.2, 0.25) is 0 Å². The van der Waals surface area contributed by atoms with Crippen LogP contribution < -0.4 is 0 Å². The lowest BCUT2D eigenvalue weighted by atomic mass is 9.78. The molecular formula is C19H32O2. The zero-order chi connectivity index (χ0) is 14.1. The standard InChI is InChI=1S/C19H32O2/c1-2-4-18-15(3-1)9-10-19(21-18)16-6-5-14-11-12-20-13-17(14)8-7-16/h14-19H,1-13H2. The van der Waals surface area contributed by atoms with Gasteiger partial charge in [-0.25, -0.2) is 0 Å². The van der Waals surface area contributed by atoms with E-state index in [0.717, 1.165) is 36.9 Å². The summed E-state index contributed by atoms with van der Waals surface area (Å²) < 4.78 is 12.3. The maximum absolute atomic E-state index is 6.61. The minimum absolute atomic E-state index is 0.588. The van der Waals surface area contributed by atoms with Gasteiger partial charge in [-0.15, -0.1) is 0 Å². The van der Waals surface area contributed by atoms with Crippen LogP contribution >= 0.6 is 0 Å². The van der Waals surface area contributed by atoms with Crippen LogP contribution in [0.2, 0.25) is 0 Å². The van der Waals surface area contributed by atoms with Crippen molar-refractivity contribution in [2.24, 2.45) is 23.7 Å². The van der Waals surface area contributed by atoms with Crippen LogP contribution in [-0.4, -0.2) is 25.4 Å². The van der Waals surface area contributed by atoms with Crippen LogP contribution in [0.4, 0.5) is 0 Å². The highest BCUT2D eigenvalue weighted by Crippen LogP contribution is 2.43. The molecule has 2 nitrogen and oxygen atoms in total. The second kappa shape index (κ2) is 6.58. The van der Waals surface area contributed by atoms with Crippen LogP contribution in [0.1, 0.15) is 70.6 Å². The van der Waals surface area contributed by atoms with E-state index in [1.807, 2.05) is 0 Å². The Morgan fingerprint density at radius 2 is 1.19 bits per heavy atom. The van der Waals surface area contributed by atoms with E-state index in [2.05, 4.69) is 0 Å². The van der Waals surface area contributed by atoms with Gasteiger partial charge in [-0.3, -0.25) is 0 Å². The van der Waals surface area contributed by atoms with Gasteiger partial charge in [-0.1, -0.05) is 12.8 Å². The molecule has 4 aliphatic rings. The minimum atomic E-state index is 0.588. The number of ether oxygens (including phenoxy) is 2. The first-order valence-corrected chi connectivity index (χ1v) is 9.63. The Labute approximate surface area is 130 Å². The topological polar surface area (TPSA) is 18.5 Å². The van der Waals surface area contributed by atoms with Crippen molar-refractivity contribution < 1.29 is 9.47 Å². The first-order chi connectivity index (χ1) is 10.4. The highest BCUT2D eigenvalue weighted by atomic mass is 16.5. The molecule has 0 amide bonds. The van der Waals surface area contributed by atoms with Gasteiger partial charge < -0.3 is 9.47 Å². The van der Waals surface area contributed by atoms with E-state index in [1.165, 1.54) is 70.6 Å². The molecule has 6 atom stereocenters. The van der Waals surface area contributed by atoms with Crippen molar-refractivity contribution in [3.63, 3.8) is 0 Å². The minimum Gasteiger partial charge on any atom is -0.381 e. The average molecular weight is 292 g/mol. The molecule has 2 saturated carbocycles. The van der Waals surface area contributed by atoms with Gasteiger partial charge in [0.1, 0.15) is 0 Å². The van der Waals surface area contributed by atoms with Gasteiger partial charge >= 0.3 is 0 Å². The number of fused-ring (bicyclic) bond motifs is 2. The number of hydrogen-bond acceptors (Lipinski definition) is 2. The van der Waals surface area contributed by atoms with Gasteiger partial charge in [0, 0.05) is 13.2 Å². The van der Waals surface area contributed by atoms with E-state index in [4.69, 9.17) is 9.47 Å². The molecule has 0 N–H and O–H groups in total. The fraction of sp³-hybridized carbons (Fsp3) is 1.00. The monoisotopic (exact) mass is 292 g/mol. The van der Waals surface area contributed by atoms with E-state index in [9.17, 15) is 0 Å². The molecule has 2 heteroatoms. The third-order valence-corrected chi connectivity index (χ3v) is 6.98. The molecule has 2 saturated heterocycles. The van der Waals surface area contributed by atoms with Crippen LogP contribution in [0.25, 0.3) is 0 Å². The molecule has 0 radical (unpaired) electrons. The molecule has 0 aromatic heterocycles. The predicted molar refractivity (Wildman–Crippen MR) is 84.2 cm³/mol. The Morgan fingerprint density at radius 3 is 2.14 bits per heavy atom. The van der Waals surface area contributed by atoms with Crippen LogP contribution in [0, 0.1) is 23.7 Å². The molecule has 0 spiro atoms. The molecule has 120 valence electrons. The SMILES string of the molecule is C1CCC2OC(C3CCC4CCOCC4CC3)CCC2C1. The summed E-state index contributed by atoms with van der Waals surface area (Å²) in [7, 11) is 0. The molecule has 2 aliphatic carbocycles. The van der Waals surface area contributed by atoms with Gasteiger partial charge in [-0.2, -0.15) is 0 Å². The highest BCUT2D eigenvalue weighted by molar-refractivity contribution is 4.88. The fourth-order valence-corrected chi connectivity index (χ4v) is 5.61. The lowest BCUT2D eigenvalue weighted by molar-refractivity contribution is -0.122. The predicted octanol–water partition coefficient (Wildman–Crippen LogP) is 4.57. The Morgan fingerprint density at radius 1 is 0.524 bits per heavy atom. The van der Waals surface area contributed by atoms with Crippen LogP contribution in [-0.2, 0) is 9.47 Å². The smallest absolute Gasteiger partial charge is 0.0607 e. The summed E-state index contributed by atoms with van der Waals surface area (Å²) >= 11 is 0. The molecule has 0 aromatic rings. The summed E-state index contributed by atoms with van der Waals surface area (Å²) in [5, 5.41) is 0. The Kier molecular flexibility index (Phi) is 4.55. The molecule has 4 fully saturated rings. The molecule has 6 unspecified atom stereocenters. The van der Waals surface area contributed by atoms with Crippen molar-refractivity contribution in [3.05, 3.63) is 0 Å². The highest BCUT2D eigenvalue weighted by Gasteiger charge is 2.38. The normalized spacial score (nSPS) is 48.0. The largest absolute Gasteiger partial charge is 0.381 e. The van der Waals surface area contributed by atoms with Gasteiger partial charge in [-0.05, 0) is 81.5 Å². The maximum Gasteiger partial charge on any atom is 0.0607 e. The number of hydrogen-bond donors (Lipinski definition) is 0. The fourth-order valence-electron chi connectivity index (χ4n) is 5.61. The molecule has 2 heterocycles. The quantitative estimate of drug-likeness (QED) is 0.705. The summed E-state index contributed by atoms with van der Waals surface area (Å²) in [6.07, 6.45) is 16.6. The van der Waals surface area contributed by atoms with Gasteiger partial charge in [0.15, 0.2) is 0 Å². The molecule has 21 heavy (non-hydrogen) atoms. The van der Waals surface area contributed by atoms with E-state index >= 15 is 0 Å². The van der Waals surface area contributed by atoms with Crippen LogP contribution in [0.15, 0.2) is 0 Å². The summed E-state index contributed by atoms with van der Waals surface area (Å²) in [5.74, 6) is 3.56. The van der Waals surface area contributed by atoms with Crippen molar-refractivity contribution in [3.8, 4) is 0 Å². The molecule has 4 rings (SSSR count). The van der Waals surface area contributed by atoms with E-state index < -0.39 is 0 Å². The lowest BCUT2D eigenvalue weighted by Gasteiger charge is -2.42. The average Bonchev–Trinajstić information content (AvgIpc) is 2.77. The van der Waals surface area contributed by atoms with E-state index in [-0.39, 0.29) is 0 Å². The molecule has 0 aromatic carbocycles. The molecule has 0 bridgehead atoms. The summed E-state index contributed by atoms with van der Waals surface area (Å²) in [4.78, 5) is 0. The summed E-state index contributed by atoms with van der Waals surface area (Å²) in [6.45, 7) is 2.04. The van der Waals surface area contributed by atoms with Crippen molar-refractivity contribution in [2.75, 3.05) is 13.2 Å². The number of rotatable bonds is 1. The Hall–Kier alpha value is -0.0800. The van der Waals surface area contributed by atoms with Crippen molar-refractivity contribution in [2.45, 2.75) is 82.8 Å². The maximum atomic E-state index is 6.61. The summed E-state index contributed by atoms with van der Waals surface area (Å²) in [5.41, 5.74) is 0. The third kappa shape index (κ3) is 3.17. The lowest BCUT2D eigenvalue weighted by Crippen LogP contribution is -2.40. The molecule has 2 aliphatic heterocycles.